The van der Waals surface area contributed by atoms with Gasteiger partial charge in [-0.2, -0.15) is 5.10 Å². The first-order valence-electron chi connectivity index (χ1n) is 6.89. The number of rotatable bonds is 5. The van der Waals surface area contributed by atoms with Gasteiger partial charge < -0.3 is 10.5 Å². The third-order valence-corrected chi connectivity index (χ3v) is 4.84. The molecule has 0 radical (unpaired) electrons. The smallest absolute Gasteiger partial charge is 0.246 e. The lowest BCUT2D eigenvalue weighted by atomic mass is 10.1. The monoisotopic (exact) mass is 302 g/mol. The summed E-state index contributed by atoms with van der Waals surface area (Å²) in [6, 6.07) is -0.113. The molecule has 3 N–H and O–H groups in total. The highest BCUT2D eigenvalue weighted by Gasteiger charge is 2.27. The lowest BCUT2D eigenvalue weighted by molar-refractivity contribution is 0.0173. The Balaban J connectivity index is 2.13. The molecule has 7 nitrogen and oxygen atoms in total. The van der Waals surface area contributed by atoms with E-state index in [2.05, 4.69) is 9.82 Å². The highest BCUT2D eigenvalue weighted by molar-refractivity contribution is 7.89. The summed E-state index contributed by atoms with van der Waals surface area (Å²) in [6.07, 6.45) is 3.76. The Hall–Kier alpha value is -1.12. The van der Waals surface area contributed by atoms with Crippen molar-refractivity contribution < 1.29 is 13.2 Å². The van der Waals surface area contributed by atoms with Crippen LogP contribution in [0.3, 0.4) is 0 Å². The number of nitrogens with zero attached hydrogens (tertiary/aromatic N) is 2. The van der Waals surface area contributed by atoms with Gasteiger partial charge in [-0.3, -0.25) is 4.68 Å². The molecule has 0 spiro atoms. The molecule has 0 amide bonds. The molecule has 1 aromatic rings. The summed E-state index contributed by atoms with van der Waals surface area (Å²) in [4.78, 5) is 0.0603. The van der Waals surface area contributed by atoms with Crippen molar-refractivity contribution in [1.82, 2.24) is 14.5 Å². The maximum Gasteiger partial charge on any atom is 0.246 e. The Bertz CT molecular complexity index is 555. The van der Waals surface area contributed by atoms with Gasteiger partial charge in [-0.25, -0.2) is 13.1 Å². The average Bonchev–Trinajstić information content (AvgIpc) is 2.71. The van der Waals surface area contributed by atoms with Gasteiger partial charge in [-0.1, -0.05) is 6.92 Å². The number of hydrogen-bond acceptors (Lipinski definition) is 5. The topological polar surface area (TPSA) is 99.2 Å². The summed E-state index contributed by atoms with van der Waals surface area (Å²) >= 11 is 0. The normalized spacial score (nSPS) is 23.9. The molecule has 2 rings (SSSR count). The fourth-order valence-electron chi connectivity index (χ4n) is 2.36. The number of nitrogens with two attached hydrogens (primary N) is 1. The van der Waals surface area contributed by atoms with Crippen molar-refractivity contribution in [3.05, 3.63) is 6.20 Å². The zero-order valence-corrected chi connectivity index (χ0v) is 12.7. The molecule has 2 atom stereocenters. The summed E-state index contributed by atoms with van der Waals surface area (Å²) in [5, 5.41) is 4.03. The third-order valence-electron chi connectivity index (χ3n) is 3.30. The van der Waals surface area contributed by atoms with Crippen LogP contribution < -0.4 is 10.5 Å². The van der Waals surface area contributed by atoms with E-state index in [1.54, 1.807) is 4.68 Å². The van der Waals surface area contributed by atoms with Gasteiger partial charge in [0, 0.05) is 25.4 Å². The first-order chi connectivity index (χ1) is 9.42. The minimum Gasteiger partial charge on any atom is -0.381 e. The van der Waals surface area contributed by atoms with Crippen LogP contribution in [0.1, 0.15) is 33.1 Å². The van der Waals surface area contributed by atoms with E-state index in [4.69, 9.17) is 10.5 Å². The molecular formula is C12H22N4O3S. The molecule has 0 saturated carbocycles. The van der Waals surface area contributed by atoms with Crippen molar-refractivity contribution in [2.24, 2.45) is 0 Å². The van der Waals surface area contributed by atoms with E-state index in [0.717, 1.165) is 6.42 Å². The van der Waals surface area contributed by atoms with Gasteiger partial charge in [-0.15, -0.1) is 0 Å². The van der Waals surface area contributed by atoms with Gasteiger partial charge in [0.2, 0.25) is 10.0 Å². The molecule has 1 fully saturated rings. The van der Waals surface area contributed by atoms with Crippen LogP contribution in [0.5, 0.6) is 0 Å². The maximum atomic E-state index is 12.4. The van der Waals surface area contributed by atoms with Crippen molar-refractivity contribution in [2.75, 3.05) is 12.3 Å². The molecule has 2 heterocycles. The number of aryl methyl sites for hydroxylation is 1. The molecule has 20 heavy (non-hydrogen) atoms. The quantitative estimate of drug-likeness (QED) is 0.835. The summed E-state index contributed by atoms with van der Waals surface area (Å²) < 4.78 is 34.4. The van der Waals surface area contributed by atoms with E-state index >= 15 is 0 Å². The summed E-state index contributed by atoms with van der Waals surface area (Å²) in [5.74, 6) is 0.0473. The molecule has 0 aromatic carbocycles. The van der Waals surface area contributed by atoms with Gasteiger partial charge in [0.15, 0.2) is 5.82 Å². The van der Waals surface area contributed by atoms with Gasteiger partial charge in [-0.05, 0) is 26.2 Å². The molecule has 1 saturated heterocycles. The highest BCUT2D eigenvalue weighted by atomic mass is 32.2. The molecule has 2 unspecified atom stereocenters. The van der Waals surface area contributed by atoms with E-state index in [1.165, 1.54) is 6.20 Å². The minimum atomic E-state index is -3.63. The van der Waals surface area contributed by atoms with Gasteiger partial charge in [0.25, 0.3) is 0 Å². The average molecular weight is 302 g/mol. The van der Waals surface area contributed by atoms with Crippen LogP contribution in [0, 0.1) is 0 Å². The lowest BCUT2D eigenvalue weighted by Gasteiger charge is -2.27. The van der Waals surface area contributed by atoms with Crippen molar-refractivity contribution in [2.45, 2.75) is 56.7 Å². The predicted molar refractivity (Wildman–Crippen MR) is 75.7 cm³/mol. The summed E-state index contributed by atoms with van der Waals surface area (Å²) in [5.41, 5.74) is 5.71. The van der Waals surface area contributed by atoms with Crippen LogP contribution >= 0.6 is 0 Å². The number of nitrogen functional groups attached to an aromatic ring is 1. The second-order valence-electron chi connectivity index (χ2n) is 5.17. The molecule has 1 aliphatic heterocycles. The van der Waals surface area contributed by atoms with Gasteiger partial charge >= 0.3 is 0 Å². The summed E-state index contributed by atoms with van der Waals surface area (Å²) in [7, 11) is -3.63. The molecular weight excluding hydrogens is 280 g/mol. The Morgan fingerprint density at radius 1 is 1.60 bits per heavy atom. The zero-order chi connectivity index (χ0) is 14.8. The first-order valence-corrected chi connectivity index (χ1v) is 8.37. The van der Waals surface area contributed by atoms with Crippen molar-refractivity contribution >= 4 is 15.8 Å². The van der Waals surface area contributed by atoms with Crippen molar-refractivity contribution in [1.29, 1.82) is 0 Å². The molecule has 8 heteroatoms. The van der Waals surface area contributed by atoms with Crippen LogP contribution in [0.25, 0.3) is 0 Å². The fraction of sp³-hybridized carbons (Fsp3) is 0.750. The number of hydrogen-bond donors (Lipinski definition) is 2. The van der Waals surface area contributed by atoms with Crippen LogP contribution in [0.4, 0.5) is 5.82 Å². The van der Waals surface area contributed by atoms with E-state index in [9.17, 15) is 8.42 Å². The lowest BCUT2D eigenvalue weighted by Crippen LogP contribution is -2.41. The van der Waals surface area contributed by atoms with E-state index in [0.29, 0.717) is 26.0 Å². The van der Waals surface area contributed by atoms with Gasteiger partial charge in [0.1, 0.15) is 4.90 Å². The minimum absolute atomic E-state index is 0.0473. The molecule has 0 aliphatic carbocycles. The number of sulfonamides is 1. The Labute approximate surface area is 119 Å². The molecule has 114 valence electrons. The Morgan fingerprint density at radius 2 is 2.35 bits per heavy atom. The number of aromatic nitrogens is 2. The number of nitrogens with one attached hydrogen (secondary N) is 1. The van der Waals surface area contributed by atoms with Crippen molar-refractivity contribution in [3.8, 4) is 0 Å². The fourth-order valence-corrected chi connectivity index (χ4v) is 3.71. The summed E-state index contributed by atoms with van der Waals surface area (Å²) in [6.45, 7) is 5.15. The van der Waals surface area contributed by atoms with Crippen LogP contribution in [-0.4, -0.2) is 37.0 Å². The van der Waals surface area contributed by atoms with Crippen LogP contribution in [0.2, 0.25) is 0 Å². The van der Waals surface area contributed by atoms with Crippen molar-refractivity contribution in [3.63, 3.8) is 0 Å². The third kappa shape index (κ3) is 3.50. The molecule has 1 aromatic heterocycles. The Morgan fingerprint density at radius 3 is 3.00 bits per heavy atom. The largest absolute Gasteiger partial charge is 0.381 e. The number of anilines is 1. The number of ether oxygens (including phenoxy) is 1. The predicted octanol–water partition coefficient (Wildman–Crippen LogP) is 0.721. The zero-order valence-electron chi connectivity index (χ0n) is 11.9. The highest BCUT2D eigenvalue weighted by Crippen LogP contribution is 2.20. The van der Waals surface area contributed by atoms with E-state index in [1.807, 2.05) is 13.8 Å². The second kappa shape index (κ2) is 6.11. The van der Waals surface area contributed by atoms with E-state index in [-0.39, 0.29) is 22.9 Å². The first kappa shape index (κ1) is 15.3. The maximum absolute atomic E-state index is 12.4. The second-order valence-corrected chi connectivity index (χ2v) is 6.85. The Kier molecular flexibility index (Phi) is 4.66. The van der Waals surface area contributed by atoms with Crippen LogP contribution in [-0.2, 0) is 21.3 Å². The SMILES string of the molecule is CCCn1cc(S(=O)(=O)NC2CCOC(C)C2)c(N)n1. The standard InChI is InChI=1S/C12H22N4O3S/c1-3-5-16-8-11(12(13)14-16)20(17,18)15-10-4-6-19-9(2)7-10/h8-10,15H,3-7H2,1-2H3,(H2,13,14). The van der Waals surface area contributed by atoms with Crippen LogP contribution in [0.15, 0.2) is 11.1 Å². The van der Waals surface area contributed by atoms with Gasteiger partial charge in [0.05, 0.1) is 6.10 Å². The molecule has 0 bridgehead atoms. The van der Waals surface area contributed by atoms with E-state index < -0.39 is 10.0 Å². The molecule has 1 aliphatic rings.